The molecule has 2 aliphatic heterocycles. The van der Waals surface area contributed by atoms with E-state index in [1.165, 1.54) is 11.1 Å². The van der Waals surface area contributed by atoms with Gasteiger partial charge in [0.1, 0.15) is 0 Å². The van der Waals surface area contributed by atoms with Gasteiger partial charge in [0.15, 0.2) is 0 Å². The molecule has 0 bridgehead atoms. The topological polar surface area (TPSA) is 38.5 Å². The maximum absolute atomic E-state index is 6.76. The molecule has 0 amide bonds. The summed E-state index contributed by atoms with van der Waals surface area (Å²) >= 11 is 0. The Morgan fingerprint density at radius 1 is 0.875 bits per heavy atom. The Labute approximate surface area is 144 Å². The molecule has 2 N–H and O–H groups in total. The van der Waals surface area contributed by atoms with Crippen molar-refractivity contribution >= 4 is 0 Å². The molecule has 0 radical (unpaired) electrons. The summed E-state index contributed by atoms with van der Waals surface area (Å²) in [6.45, 7) is 3.66. The third-order valence-corrected chi connectivity index (χ3v) is 5.63. The fourth-order valence-electron chi connectivity index (χ4n) is 4.31. The highest BCUT2D eigenvalue weighted by Gasteiger charge is 2.48. The van der Waals surface area contributed by atoms with E-state index in [2.05, 4.69) is 65.6 Å². The normalized spacial score (nSPS) is 21.6. The van der Waals surface area contributed by atoms with Crippen molar-refractivity contribution in [1.82, 2.24) is 4.90 Å². The lowest BCUT2D eigenvalue weighted by molar-refractivity contribution is -0.0385. The van der Waals surface area contributed by atoms with Crippen molar-refractivity contribution in [3.05, 3.63) is 71.8 Å². The molecular weight excluding hydrogens is 296 g/mol. The van der Waals surface area contributed by atoms with Crippen LogP contribution in [0.5, 0.6) is 0 Å². The van der Waals surface area contributed by atoms with Gasteiger partial charge in [0.2, 0.25) is 0 Å². The Kier molecular flexibility index (Phi) is 4.40. The third-order valence-electron chi connectivity index (χ3n) is 5.63. The number of nitrogens with zero attached hydrogens (tertiary/aromatic N) is 1. The Morgan fingerprint density at radius 3 is 1.88 bits per heavy atom. The van der Waals surface area contributed by atoms with E-state index in [1.807, 2.05) is 0 Å². The maximum atomic E-state index is 6.76. The molecule has 2 heterocycles. The minimum atomic E-state index is -0.0500. The standard InChI is InChI=1S/C21H26N2O/c22-21(19-11-13-24-14-12-19)15-23(16-21)20(17-7-3-1-4-8-17)18-9-5-2-6-10-18/h1-10,19-20H,11-16,22H2. The Bertz CT molecular complexity index is 607. The second-order valence-electron chi connectivity index (χ2n) is 7.25. The highest BCUT2D eigenvalue weighted by molar-refractivity contribution is 5.33. The number of likely N-dealkylation sites (tertiary alicyclic amines) is 1. The smallest absolute Gasteiger partial charge is 0.0603 e. The lowest BCUT2D eigenvalue weighted by Crippen LogP contribution is -2.71. The summed E-state index contributed by atoms with van der Waals surface area (Å²) in [6.07, 6.45) is 2.21. The van der Waals surface area contributed by atoms with E-state index in [9.17, 15) is 0 Å². The van der Waals surface area contributed by atoms with Crippen molar-refractivity contribution in [1.29, 1.82) is 0 Å². The van der Waals surface area contributed by atoms with Gasteiger partial charge in [-0.25, -0.2) is 0 Å². The van der Waals surface area contributed by atoms with Gasteiger partial charge in [-0.3, -0.25) is 4.90 Å². The van der Waals surface area contributed by atoms with Crippen LogP contribution in [0.3, 0.4) is 0 Å². The fraction of sp³-hybridized carbons (Fsp3) is 0.429. The molecule has 126 valence electrons. The minimum absolute atomic E-state index is 0.0500. The van der Waals surface area contributed by atoms with Gasteiger partial charge in [0.25, 0.3) is 0 Å². The molecule has 0 atom stereocenters. The summed E-state index contributed by atoms with van der Waals surface area (Å²) in [7, 11) is 0. The van der Waals surface area contributed by atoms with Crippen LogP contribution < -0.4 is 5.73 Å². The van der Waals surface area contributed by atoms with E-state index < -0.39 is 0 Å². The zero-order chi connectivity index (χ0) is 16.4. The summed E-state index contributed by atoms with van der Waals surface area (Å²) in [6, 6.07) is 21.9. The summed E-state index contributed by atoms with van der Waals surface area (Å²) in [5.74, 6) is 0.592. The highest BCUT2D eigenvalue weighted by atomic mass is 16.5. The first-order chi connectivity index (χ1) is 11.8. The highest BCUT2D eigenvalue weighted by Crippen LogP contribution is 2.40. The zero-order valence-electron chi connectivity index (χ0n) is 14.1. The monoisotopic (exact) mass is 322 g/mol. The first kappa shape index (κ1) is 15.8. The van der Waals surface area contributed by atoms with Gasteiger partial charge < -0.3 is 10.5 Å². The summed E-state index contributed by atoms with van der Waals surface area (Å²) < 4.78 is 5.51. The van der Waals surface area contributed by atoms with Crippen LogP contribution in [-0.2, 0) is 4.74 Å². The predicted octanol–water partition coefficient (Wildman–Crippen LogP) is 3.22. The molecule has 0 spiro atoms. The second-order valence-corrected chi connectivity index (χ2v) is 7.25. The van der Waals surface area contributed by atoms with Gasteiger partial charge in [0.05, 0.1) is 6.04 Å². The number of hydrogen-bond acceptors (Lipinski definition) is 3. The van der Waals surface area contributed by atoms with Gasteiger partial charge >= 0.3 is 0 Å². The quantitative estimate of drug-likeness (QED) is 0.939. The van der Waals surface area contributed by atoms with Crippen LogP contribution in [0.25, 0.3) is 0 Å². The second kappa shape index (κ2) is 6.67. The zero-order valence-corrected chi connectivity index (χ0v) is 14.1. The van der Waals surface area contributed by atoms with Crippen LogP contribution in [0.4, 0.5) is 0 Å². The molecule has 2 aromatic carbocycles. The number of rotatable bonds is 4. The van der Waals surface area contributed by atoms with E-state index in [1.54, 1.807) is 0 Å². The first-order valence-electron chi connectivity index (χ1n) is 8.97. The number of nitrogens with two attached hydrogens (primary N) is 1. The molecule has 0 unspecified atom stereocenters. The van der Waals surface area contributed by atoms with E-state index in [0.29, 0.717) is 12.0 Å². The van der Waals surface area contributed by atoms with Gasteiger partial charge in [-0.05, 0) is 29.9 Å². The van der Waals surface area contributed by atoms with E-state index in [-0.39, 0.29) is 5.54 Å². The van der Waals surface area contributed by atoms with Gasteiger partial charge in [-0.15, -0.1) is 0 Å². The summed E-state index contributed by atoms with van der Waals surface area (Å²) in [5.41, 5.74) is 9.40. The van der Waals surface area contributed by atoms with Crippen LogP contribution >= 0.6 is 0 Å². The number of benzene rings is 2. The molecule has 0 saturated carbocycles. The maximum Gasteiger partial charge on any atom is 0.0603 e. The average Bonchev–Trinajstić information content (AvgIpc) is 2.63. The fourth-order valence-corrected chi connectivity index (χ4v) is 4.31. The molecule has 4 rings (SSSR count). The molecule has 0 aromatic heterocycles. The van der Waals surface area contributed by atoms with Crippen molar-refractivity contribution < 1.29 is 4.74 Å². The van der Waals surface area contributed by atoms with Crippen LogP contribution in [0.1, 0.15) is 30.0 Å². The first-order valence-corrected chi connectivity index (χ1v) is 8.97. The van der Waals surface area contributed by atoms with Gasteiger partial charge in [-0.1, -0.05) is 60.7 Å². The lowest BCUT2D eigenvalue weighted by atomic mass is 9.73. The van der Waals surface area contributed by atoms with Gasteiger partial charge in [-0.2, -0.15) is 0 Å². The van der Waals surface area contributed by atoms with E-state index in [4.69, 9.17) is 10.5 Å². The van der Waals surface area contributed by atoms with Crippen molar-refractivity contribution in [2.24, 2.45) is 11.7 Å². The average molecular weight is 322 g/mol. The van der Waals surface area contributed by atoms with Gasteiger partial charge in [0, 0.05) is 31.8 Å². The molecule has 3 heteroatoms. The molecule has 2 saturated heterocycles. The Hall–Kier alpha value is -1.68. The van der Waals surface area contributed by atoms with Crippen LogP contribution in [0.15, 0.2) is 60.7 Å². The van der Waals surface area contributed by atoms with Crippen molar-refractivity contribution in [3.63, 3.8) is 0 Å². The Balaban J connectivity index is 1.55. The third kappa shape index (κ3) is 3.00. The molecule has 0 aliphatic carbocycles. The molecule has 2 fully saturated rings. The summed E-state index contributed by atoms with van der Waals surface area (Å²) in [4.78, 5) is 2.53. The number of hydrogen-bond donors (Lipinski definition) is 1. The molecule has 24 heavy (non-hydrogen) atoms. The van der Waals surface area contributed by atoms with E-state index in [0.717, 1.165) is 39.1 Å². The van der Waals surface area contributed by atoms with Crippen molar-refractivity contribution in [3.8, 4) is 0 Å². The SMILES string of the molecule is NC1(C2CCOCC2)CN(C(c2ccccc2)c2ccccc2)C1. The minimum Gasteiger partial charge on any atom is -0.381 e. The molecule has 2 aliphatic rings. The molecule has 2 aromatic rings. The Morgan fingerprint density at radius 2 is 1.38 bits per heavy atom. The van der Waals surface area contributed by atoms with E-state index >= 15 is 0 Å². The molecule has 3 nitrogen and oxygen atoms in total. The largest absolute Gasteiger partial charge is 0.381 e. The van der Waals surface area contributed by atoms with Crippen LogP contribution in [0.2, 0.25) is 0 Å². The van der Waals surface area contributed by atoms with Crippen molar-refractivity contribution in [2.45, 2.75) is 24.4 Å². The number of ether oxygens (including phenoxy) is 1. The van der Waals surface area contributed by atoms with Crippen molar-refractivity contribution in [2.75, 3.05) is 26.3 Å². The predicted molar refractivity (Wildman–Crippen MR) is 96.8 cm³/mol. The van der Waals surface area contributed by atoms with Crippen LogP contribution in [-0.4, -0.2) is 36.7 Å². The van der Waals surface area contributed by atoms with Crippen LogP contribution in [0, 0.1) is 5.92 Å². The lowest BCUT2D eigenvalue weighted by Gasteiger charge is -2.55. The summed E-state index contributed by atoms with van der Waals surface area (Å²) in [5, 5.41) is 0. The molecular formula is C21H26N2O.